The number of hydrogen-bond acceptors (Lipinski definition) is 5. The van der Waals surface area contributed by atoms with Gasteiger partial charge in [-0.2, -0.15) is 0 Å². The largest absolute Gasteiger partial charge is 0.350 e. The second kappa shape index (κ2) is 6.29. The van der Waals surface area contributed by atoms with Crippen molar-refractivity contribution in [3.63, 3.8) is 0 Å². The fourth-order valence-electron chi connectivity index (χ4n) is 1.31. The Morgan fingerprint density at radius 1 is 1.16 bits per heavy atom. The third kappa shape index (κ3) is 4.13. The number of thiophene rings is 2. The van der Waals surface area contributed by atoms with Crippen molar-refractivity contribution in [1.29, 1.82) is 0 Å². The standard InChI is InChI=1S/C11H12N2O3S3/c14-10(12-7-9-3-1-5-17-9)8-13-19(15,16)11-4-2-6-18-11/h1-6,13H,7-8H2,(H,12,14). The monoisotopic (exact) mass is 316 g/mol. The lowest BCUT2D eigenvalue weighted by Gasteiger charge is -2.05. The Labute approximate surface area is 119 Å². The van der Waals surface area contributed by atoms with E-state index in [-0.39, 0.29) is 16.7 Å². The van der Waals surface area contributed by atoms with Gasteiger partial charge in [0, 0.05) is 4.88 Å². The van der Waals surface area contributed by atoms with E-state index in [4.69, 9.17) is 0 Å². The quantitative estimate of drug-likeness (QED) is 0.846. The predicted molar refractivity (Wildman–Crippen MR) is 75.7 cm³/mol. The van der Waals surface area contributed by atoms with Gasteiger partial charge in [0.15, 0.2) is 0 Å². The molecular formula is C11H12N2O3S3. The Bertz CT molecular complexity index is 618. The summed E-state index contributed by atoms with van der Waals surface area (Å²) in [6.07, 6.45) is 0. The van der Waals surface area contributed by atoms with E-state index in [1.54, 1.807) is 11.4 Å². The first kappa shape index (κ1) is 14.2. The molecule has 19 heavy (non-hydrogen) atoms. The van der Waals surface area contributed by atoms with Gasteiger partial charge in [0.25, 0.3) is 10.0 Å². The number of carbonyl (C=O) groups is 1. The maximum Gasteiger partial charge on any atom is 0.250 e. The van der Waals surface area contributed by atoms with Crippen LogP contribution in [0.2, 0.25) is 0 Å². The summed E-state index contributed by atoms with van der Waals surface area (Å²) in [4.78, 5) is 12.5. The van der Waals surface area contributed by atoms with Crippen LogP contribution < -0.4 is 10.0 Å². The lowest BCUT2D eigenvalue weighted by atomic mass is 10.4. The molecule has 0 radical (unpaired) electrons. The number of nitrogens with one attached hydrogen (secondary N) is 2. The molecule has 0 aliphatic carbocycles. The van der Waals surface area contributed by atoms with Crippen LogP contribution in [-0.2, 0) is 21.4 Å². The molecule has 0 aliphatic rings. The number of hydrogen-bond donors (Lipinski definition) is 2. The first-order valence-electron chi connectivity index (χ1n) is 5.40. The molecule has 0 saturated carbocycles. The highest BCUT2D eigenvalue weighted by molar-refractivity contribution is 7.91. The normalized spacial score (nSPS) is 11.4. The summed E-state index contributed by atoms with van der Waals surface area (Å²) in [5, 5.41) is 6.24. The molecule has 0 aromatic carbocycles. The van der Waals surface area contributed by atoms with Crippen LogP contribution in [0.1, 0.15) is 4.88 Å². The highest BCUT2D eigenvalue weighted by Crippen LogP contribution is 2.14. The van der Waals surface area contributed by atoms with Gasteiger partial charge in [0.2, 0.25) is 5.91 Å². The van der Waals surface area contributed by atoms with Crippen LogP contribution in [0.25, 0.3) is 0 Å². The Kier molecular flexibility index (Phi) is 4.70. The van der Waals surface area contributed by atoms with E-state index in [0.717, 1.165) is 16.2 Å². The molecule has 102 valence electrons. The van der Waals surface area contributed by atoms with Crippen LogP contribution in [0.5, 0.6) is 0 Å². The van der Waals surface area contributed by atoms with Crippen molar-refractivity contribution < 1.29 is 13.2 Å². The second-order valence-corrected chi connectivity index (χ2v) is 7.59. The number of amides is 1. The van der Waals surface area contributed by atoms with E-state index in [1.165, 1.54) is 17.4 Å². The Morgan fingerprint density at radius 3 is 2.53 bits per heavy atom. The van der Waals surface area contributed by atoms with E-state index in [0.29, 0.717) is 6.54 Å². The molecule has 2 aromatic rings. The van der Waals surface area contributed by atoms with Crippen molar-refractivity contribution in [3.8, 4) is 0 Å². The van der Waals surface area contributed by atoms with E-state index in [9.17, 15) is 13.2 Å². The van der Waals surface area contributed by atoms with E-state index in [2.05, 4.69) is 10.0 Å². The average molecular weight is 316 g/mol. The van der Waals surface area contributed by atoms with Gasteiger partial charge in [-0.3, -0.25) is 4.79 Å². The molecule has 2 rings (SSSR count). The fraction of sp³-hybridized carbons (Fsp3) is 0.182. The Balaban J connectivity index is 1.80. The first-order valence-corrected chi connectivity index (χ1v) is 8.64. The molecular weight excluding hydrogens is 304 g/mol. The summed E-state index contributed by atoms with van der Waals surface area (Å²) < 4.78 is 26.0. The minimum atomic E-state index is -3.57. The van der Waals surface area contributed by atoms with E-state index >= 15 is 0 Å². The lowest BCUT2D eigenvalue weighted by molar-refractivity contribution is -0.120. The van der Waals surface area contributed by atoms with Crippen LogP contribution in [0, 0.1) is 0 Å². The van der Waals surface area contributed by atoms with Crippen LogP contribution in [0.3, 0.4) is 0 Å². The molecule has 0 saturated heterocycles. The van der Waals surface area contributed by atoms with Crippen molar-refractivity contribution in [2.45, 2.75) is 10.8 Å². The van der Waals surface area contributed by atoms with Crippen LogP contribution >= 0.6 is 22.7 Å². The second-order valence-electron chi connectivity index (χ2n) is 3.61. The predicted octanol–water partition coefficient (Wildman–Crippen LogP) is 1.40. The molecule has 1 amide bonds. The van der Waals surface area contributed by atoms with Crippen molar-refractivity contribution >= 4 is 38.6 Å². The lowest BCUT2D eigenvalue weighted by Crippen LogP contribution is -2.36. The third-order valence-corrected chi connectivity index (χ3v) is 5.90. The number of sulfonamides is 1. The maximum atomic E-state index is 11.8. The minimum Gasteiger partial charge on any atom is -0.350 e. The van der Waals surface area contributed by atoms with Crippen molar-refractivity contribution in [2.75, 3.05) is 6.54 Å². The summed E-state index contributed by atoms with van der Waals surface area (Å²) in [6, 6.07) is 6.94. The Hall–Kier alpha value is -1.22. The molecule has 2 aromatic heterocycles. The zero-order valence-corrected chi connectivity index (χ0v) is 12.3. The highest BCUT2D eigenvalue weighted by atomic mass is 32.2. The van der Waals surface area contributed by atoms with E-state index < -0.39 is 10.0 Å². The van der Waals surface area contributed by atoms with Crippen molar-refractivity contribution in [1.82, 2.24) is 10.0 Å². The van der Waals surface area contributed by atoms with Crippen LogP contribution in [-0.4, -0.2) is 20.9 Å². The SMILES string of the molecule is O=C(CNS(=O)(=O)c1cccs1)NCc1cccs1. The molecule has 0 fully saturated rings. The van der Waals surface area contributed by atoms with Gasteiger partial charge < -0.3 is 5.32 Å². The van der Waals surface area contributed by atoms with Crippen LogP contribution in [0.15, 0.2) is 39.2 Å². The molecule has 2 N–H and O–H groups in total. The van der Waals surface area contributed by atoms with Gasteiger partial charge in [-0.25, -0.2) is 13.1 Å². The smallest absolute Gasteiger partial charge is 0.250 e. The molecule has 0 spiro atoms. The molecule has 8 heteroatoms. The maximum absolute atomic E-state index is 11.8. The third-order valence-electron chi connectivity index (χ3n) is 2.22. The molecule has 0 atom stereocenters. The van der Waals surface area contributed by atoms with Crippen LogP contribution in [0.4, 0.5) is 0 Å². The Morgan fingerprint density at radius 2 is 1.89 bits per heavy atom. The highest BCUT2D eigenvalue weighted by Gasteiger charge is 2.16. The number of rotatable bonds is 6. The van der Waals surface area contributed by atoms with Gasteiger partial charge >= 0.3 is 0 Å². The summed E-state index contributed by atoms with van der Waals surface area (Å²) in [6.45, 7) is 0.156. The zero-order valence-electron chi connectivity index (χ0n) is 9.83. The van der Waals surface area contributed by atoms with Crippen molar-refractivity contribution in [2.24, 2.45) is 0 Å². The van der Waals surface area contributed by atoms with Gasteiger partial charge in [0.1, 0.15) is 4.21 Å². The topological polar surface area (TPSA) is 75.3 Å². The van der Waals surface area contributed by atoms with Gasteiger partial charge in [-0.05, 0) is 22.9 Å². The molecule has 0 bridgehead atoms. The molecule has 2 heterocycles. The molecule has 5 nitrogen and oxygen atoms in total. The summed E-state index contributed by atoms with van der Waals surface area (Å²) >= 11 is 2.65. The van der Waals surface area contributed by atoms with Gasteiger partial charge in [-0.1, -0.05) is 12.1 Å². The fourth-order valence-corrected chi connectivity index (χ4v) is 3.97. The number of carbonyl (C=O) groups excluding carboxylic acids is 1. The first-order chi connectivity index (χ1) is 9.08. The zero-order chi connectivity index (χ0) is 13.7. The molecule has 0 aliphatic heterocycles. The summed E-state index contributed by atoms with van der Waals surface area (Å²) in [5.74, 6) is -0.353. The molecule has 0 unspecified atom stereocenters. The minimum absolute atomic E-state index is 0.207. The van der Waals surface area contributed by atoms with Crippen molar-refractivity contribution in [3.05, 3.63) is 39.9 Å². The van der Waals surface area contributed by atoms with Gasteiger partial charge in [-0.15, -0.1) is 22.7 Å². The summed E-state index contributed by atoms with van der Waals surface area (Å²) in [5.41, 5.74) is 0. The summed E-state index contributed by atoms with van der Waals surface area (Å²) in [7, 11) is -3.57. The average Bonchev–Trinajstić information content (AvgIpc) is 3.06. The van der Waals surface area contributed by atoms with E-state index in [1.807, 2.05) is 17.5 Å². The van der Waals surface area contributed by atoms with Gasteiger partial charge in [0.05, 0.1) is 13.1 Å².